The van der Waals surface area contributed by atoms with Crippen molar-refractivity contribution in [3.05, 3.63) is 28.7 Å². The second kappa shape index (κ2) is 6.03. The molecule has 0 saturated heterocycles. The standard InChI is InChI=1S/C10H9ClN4OS2/c11-7-3-6(12)1-2-8(7)14-9(16)4-17-10-15-13-5-18-10/h1-3,5H,4,12H2,(H,14,16). The molecule has 2 aromatic rings. The van der Waals surface area contributed by atoms with Crippen LogP contribution in [-0.4, -0.2) is 21.9 Å². The summed E-state index contributed by atoms with van der Waals surface area (Å²) in [7, 11) is 0. The zero-order valence-electron chi connectivity index (χ0n) is 9.09. The molecule has 5 nitrogen and oxygen atoms in total. The number of carbonyl (C=O) groups is 1. The van der Waals surface area contributed by atoms with Crippen molar-refractivity contribution < 1.29 is 4.79 Å². The van der Waals surface area contributed by atoms with Crippen LogP contribution in [0.2, 0.25) is 5.02 Å². The number of aromatic nitrogens is 2. The quantitative estimate of drug-likeness (QED) is 0.670. The van der Waals surface area contributed by atoms with Crippen LogP contribution in [0.3, 0.4) is 0 Å². The Labute approximate surface area is 117 Å². The molecular formula is C10H9ClN4OS2. The van der Waals surface area contributed by atoms with Crippen LogP contribution in [0.4, 0.5) is 11.4 Å². The minimum Gasteiger partial charge on any atom is -0.399 e. The molecule has 18 heavy (non-hydrogen) atoms. The maximum absolute atomic E-state index is 11.7. The highest BCUT2D eigenvalue weighted by molar-refractivity contribution is 8.01. The van der Waals surface area contributed by atoms with Crippen molar-refractivity contribution in [2.45, 2.75) is 4.34 Å². The van der Waals surface area contributed by atoms with E-state index >= 15 is 0 Å². The third-order valence-corrected chi connectivity index (χ3v) is 4.11. The number of benzene rings is 1. The Morgan fingerprint density at radius 3 is 3.06 bits per heavy atom. The lowest BCUT2D eigenvalue weighted by Crippen LogP contribution is -2.14. The predicted molar refractivity (Wildman–Crippen MR) is 75.1 cm³/mol. The van der Waals surface area contributed by atoms with Crippen LogP contribution < -0.4 is 11.1 Å². The molecule has 0 atom stereocenters. The highest BCUT2D eigenvalue weighted by Gasteiger charge is 2.08. The highest BCUT2D eigenvalue weighted by Crippen LogP contribution is 2.25. The summed E-state index contributed by atoms with van der Waals surface area (Å²) in [5.74, 6) is 0.109. The first-order valence-corrected chi connectivity index (χ1v) is 7.13. The number of rotatable bonds is 4. The fourth-order valence-corrected chi connectivity index (χ4v) is 2.70. The van der Waals surface area contributed by atoms with Crippen molar-refractivity contribution >= 4 is 52.0 Å². The number of carbonyl (C=O) groups excluding carboxylic acids is 1. The van der Waals surface area contributed by atoms with E-state index in [9.17, 15) is 4.79 Å². The molecule has 0 radical (unpaired) electrons. The first kappa shape index (κ1) is 13.1. The van der Waals surface area contributed by atoms with Crippen LogP contribution in [0.1, 0.15) is 0 Å². The number of nitrogens with one attached hydrogen (secondary N) is 1. The number of hydrogen-bond donors (Lipinski definition) is 2. The number of amides is 1. The van der Waals surface area contributed by atoms with Crippen LogP contribution in [-0.2, 0) is 4.79 Å². The van der Waals surface area contributed by atoms with Crippen LogP contribution in [0, 0.1) is 0 Å². The van der Waals surface area contributed by atoms with Gasteiger partial charge in [0.15, 0.2) is 4.34 Å². The molecule has 1 aromatic carbocycles. The molecule has 0 spiro atoms. The van der Waals surface area contributed by atoms with Gasteiger partial charge in [-0.05, 0) is 18.2 Å². The second-order valence-corrected chi connectivity index (χ2v) is 5.74. The van der Waals surface area contributed by atoms with E-state index in [0.717, 1.165) is 4.34 Å². The molecule has 94 valence electrons. The van der Waals surface area contributed by atoms with Gasteiger partial charge in [-0.2, -0.15) is 0 Å². The van der Waals surface area contributed by atoms with Gasteiger partial charge in [-0.25, -0.2) is 0 Å². The summed E-state index contributed by atoms with van der Waals surface area (Å²) in [5, 5.41) is 10.7. The largest absolute Gasteiger partial charge is 0.399 e. The summed E-state index contributed by atoms with van der Waals surface area (Å²) in [6.45, 7) is 0. The Morgan fingerprint density at radius 1 is 1.56 bits per heavy atom. The zero-order chi connectivity index (χ0) is 13.0. The SMILES string of the molecule is Nc1ccc(NC(=O)CSc2nncs2)c(Cl)c1. The van der Waals surface area contributed by atoms with E-state index < -0.39 is 0 Å². The Morgan fingerprint density at radius 2 is 2.39 bits per heavy atom. The van der Waals surface area contributed by atoms with Gasteiger partial charge in [-0.15, -0.1) is 10.2 Å². The maximum atomic E-state index is 11.7. The number of anilines is 2. The summed E-state index contributed by atoms with van der Waals surface area (Å²) >= 11 is 8.67. The molecule has 0 aliphatic carbocycles. The molecule has 1 heterocycles. The molecule has 0 bridgehead atoms. The monoisotopic (exact) mass is 300 g/mol. The van der Waals surface area contributed by atoms with Crippen molar-refractivity contribution in [3.63, 3.8) is 0 Å². The number of halogens is 1. The van der Waals surface area contributed by atoms with Gasteiger partial charge in [0.25, 0.3) is 0 Å². The number of nitrogens with two attached hydrogens (primary N) is 1. The average molecular weight is 301 g/mol. The molecule has 1 amide bonds. The van der Waals surface area contributed by atoms with E-state index in [0.29, 0.717) is 16.4 Å². The Hall–Kier alpha value is -1.31. The van der Waals surface area contributed by atoms with Crippen LogP contribution >= 0.6 is 34.7 Å². The fraction of sp³-hybridized carbons (Fsp3) is 0.100. The van der Waals surface area contributed by atoms with Gasteiger partial charge in [0.2, 0.25) is 5.91 Å². The van der Waals surface area contributed by atoms with Gasteiger partial charge >= 0.3 is 0 Å². The third kappa shape index (κ3) is 3.59. The van der Waals surface area contributed by atoms with E-state index in [1.807, 2.05) is 0 Å². The van der Waals surface area contributed by atoms with E-state index in [2.05, 4.69) is 15.5 Å². The summed E-state index contributed by atoms with van der Waals surface area (Å²) in [6.07, 6.45) is 0. The topological polar surface area (TPSA) is 80.9 Å². The molecule has 0 saturated carbocycles. The van der Waals surface area contributed by atoms with Crippen molar-refractivity contribution in [2.75, 3.05) is 16.8 Å². The molecule has 0 aliphatic rings. The molecule has 0 unspecified atom stereocenters. The van der Waals surface area contributed by atoms with E-state index in [4.69, 9.17) is 17.3 Å². The molecule has 3 N–H and O–H groups in total. The fourth-order valence-electron chi connectivity index (χ4n) is 1.17. The van der Waals surface area contributed by atoms with Crippen molar-refractivity contribution in [1.82, 2.24) is 10.2 Å². The average Bonchev–Trinajstić information content (AvgIpc) is 2.83. The van der Waals surface area contributed by atoms with E-state index in [1.165, 1.54) is 23.1 Å². The molecule has 0 aliphatic heterocycles. The summed E-state index contributed by atoms with van der Waals surface area (Å²) in [4.78, 5) is 11.7. The molecule has 0 fully saturated rings. The van der Waals surface area contributed by atoms with Gasteiger partial charge in [-0.3, -0.25) is 4.79 Å². The van der Waals surface area contributed by atoms with Gasteiger partial charge in [0.1, 0.15) is 5.51 Å². The Bertz CT molecular complexity index is 547. The first-order valence-electron chi connectivity index (χ1n) is 4.89. The number of hydrogen-bond acceptors (Lipinski definition) is 6. The van der Waals surface area contributed by atoms with E-state index in [1.54, 1.807) is 23.7 Å². The lowest BCUT2D eigenvalue weighted by molar-refractivity contribution is -0.113. The predicted octanol–water partition coefficient (Wildman–Crippen LogP) is 2.50. The first-order chi connectivity index (χ1) is 8.65. The number of thioether (sulfide) groups is 1. The molecule has 2 rings (SSSR count). The minimum atomic E-state index is -0.151. The van der Waals surface area contributed by atoms with Crippen LogP contribution in [0.25, 0.3) is 0 Å². The number of nitrogen functional groups attached to an aromatic ring is 1. The highest BCUT2D eigenvalue weighted by atomic mass is 35.5. The lowest BCUT2D eigenvalue weighted by Gasteiger charge is -2.06. The molecule has 8 heteroatoms. The van der Waals surface area contributed by atoms with Gasteiger partial charge < -0.3 is 11.1 Å². The van der Waals surface area contributed by atoms with Gasteiger partial charge in [-0.1, -0.05) is 34.7 Å². The lowest BCUT2D eigenvalue weighted by atomic mass is 10.3. The van der Waals surface area contributed by atoms with Crippen LogP contribution in [0.5, 0.6) is 0 Å². The summed E-state index contributed by atoms with van der Waals surface area (Å²) in [5.41, 5.74) is 8.29. The summed E-state index contributed by atoms with van der Waals surface area (Å²) < 4.78 is 0.758. The van der Waals surface area contributed by atoms with Crippen molar-refractivity contribution in [1.29, 1.82) is 0 Å². The normalized spacial score (nSPS) is 10.3. The second-order valence-electron chi connectivity index (χ2n) is 3.28. The maximum Gasteiger partial charge on any atom is 0.234 e. The smallest absolute Gasteiger partial charge is 0.234 e. The zero-order valence-corrected chi connectivity index (χ0v) is 11.5. The molecule has 1 aromatic heterocycles. The van der Waals surface area contributed by atoms with E-state index in [-0.39, 0.29) is 11.7 Å². The minimum absolute atomic E-state index is 0.151. The Balaban J connectivity index is 1.91. The van der Waals surface area contributed by atoms with Gasteiger partial charge in [0.05, 0.1) is 16.5 Å². The van der Waals surface area contributed by atoms with Crippen LogP contribution in [0.15, 0.2) is 28.0 Å². The Kier molecular flexibility index (Phi) is 4.40. The molecular weight excluding hydrogens is 292 g/mol. The van der Waals surface area contributed by atoms with Crippen molar-refractivity contribution in [3.8, 4) is 0 Å². The summed E-state index contributed by atoms with van der Waals surface area (Å²) in [6, 6.07) is 4.94. The van der Waals surface area contributed by atoms with Gasteiger partial charge in [0, 0.05) is 5.69 Å². The van der Waals surface area contributed by atoms with Crippen molar-refractivity contribution in [2.24, 2.45) is 0 Å². The number of nitrogens with zero attached hydrogens (tertiary/aromatic N) is 2. The third-order valence-electron chi connectivity index (χ3n) is 1.93.